The van der Waals surface area contributed by atoms with Crippen molar-refractivity contribution in [1.82, 2.24) is 14.9 Å². The first-order valence-electron chi connectivity index (χ1n) is 9.29. The summed E-state index contributed by atoms with van der Waals surface area (Å²) in [6.07, 6.45) is 1.23. The number of hydrogen-bond acceptors (Lipinski definition) is 4. The van der Waals surface area contributed by atoms with Crippen LogP contribution in [0.15, 0.2) is 48.5 Å². The van der Waals surface area contributed by atoms with E-state index >= 15 is 0 Å². The Balaban J connectivity index is 1.38. The number of aryl methyl sites for hydroxylation is 1. The summed E-state index contributed by atoms with van der Waals surface area (Å²) in [5.74, 6) is 1.02. The van der Waals surface area contributed by atoms with E-state index in [0.717, 1.165) is 41.8 Å². The first-order valence-corrected chi connectivity index (χ1v) is 10.1. The monoisotopic (exact) mass is 414 g/mol. The Morgan fingerprint density at radius 1 is 0.929 bits per heavy atom. The predicted molar refractivity (Wildman–Crippen MR) is 113 cm³/mol. The van der Waals surface area contributed by atoms with E-state index in [2.05, 4.69) is 14.9 Å². The van der Waals surface area contributed by atoms with Gasteiger partial charge in [0.2, 0.25) is 11.2 Å². The number of carbonyl (C=O) groups excluding carboxylic acids is 1. The third kappa shape index (κ3) is 4.21. The van der Waals surface area contributed by atoms with Crippen LogP contribution in [0.4, 0.5) is 5.82 Å². The van der Waals surface area contributed by atoms with Gasteiger partial charge in [0.1, 0.15) is 5.82 Å². The summed E-state index contributed by atoms with van der Waals surface area (Å²) in [6, 6.07) is 15.5. The van der Waals surface area contributed by atoms with Crippen molar-refractivity contribution in [2.45, 2.75) is 12.8 Å². The highest BCUT2D eigenvalue weighted by molar-refractivity contribution is 6.30. The Morgan fingerprint density at radius 3 is 2.39 bits per heavy atom. The zero-order chi connectivity index (χ0) is 19.5. The fourth-order valence-electron chi connectivity index (χ4n) is 3.50. The molecule has 1 fully saturated rings. The molecule has 1 aliphatic heterocycles. The predicted octanol–water partition coefficient (Wildman–Crippen LogP) is 4.22. The van der Waals surface area contributed by atoms with Crippen molar-refractivity contribution in [2.24, 2.45) is 0 Å². The number of halogens is 2. The van der Waals surface area contributed by atoms with Crippen LogP contribution >= 0.6 is 23.2 Å². The third-order valence-electron chi connectivity index (χ3n) is 5.03. The van der Waals surface area contributed by atoms with Crippen LogP contribution in [-0.4, -0.2) is 47.0 Å². The van der Waals surface area contributed by atoms with Gasteiger partial charge >= 0.3 is 0 Å². The Labute approximate surface area is 173 Å². The fraction of sp³-hybridized carbons (Fsp3) is 0.286. The summed E-state index contributed by atoms with van der Waals surface area (Å²) < 4.78 is 0. The van der Waals surface area contributed by atoms with E-state index in [1.807, 2.05) is 53.4 Å². The van der Waals surface area contributed by atoms with E-state index in [1.54, 1.807) is 0 Å². The maximum Gasteiger partial charge on any atom is 0.224 e. The van der Waals surface area contributed by atoms with Gasteiger partial charge in [-0.3, -0.25) is 4.79 Å². The number of benzene rings is 2. The minimum atomic E-state index is 0.181. The van der Waals surface area contributed by atoms with Gasteiger partial charge in [0.05, 0.1) is 5.52 Å². The summed E-state index contributed by atoms with van der Waals surface area (Å²) in [4.78, 5) is 25.4. The van der Waals surface area contributed by atoms with Crippen molar-refractivity contribution in [3.63, 3.8) is 0 Å². The molecule has 1 aliphatic rings. The highest BCUT2D eigenvalue weighted by atomic mass is 35.5. The molecule has 5 nitrogen and oxygen atoms in total. The lowest BCUT2D eigenvalue weighted by atomic mass is 10.1. The van der Waals surface area contributed by atoms with Crippen LogP contribution in [0.3, 0.4) is 0 Å². The van der Waals surface area contributed by atoms with Gasteiger partial charge in [0, 0.05) is 43.0 Å². The van der Waals surface area contributed by atoms with Crippen molar-refractivity contribution < 1.29 is 4.79 Å². The first-order chi connectivity index (χ1) is 13.6. The summed E-state index contributed by atoms with van der Waals surface area (Å²) in [5, 5.41) is 1.94. The molecule has 0 atom stereocenters. The Morgan fingerprint density at radius 2 is 1.64 bits per heavy atom. The molecule has 1 aromatic heterocycles. The molecule has 28 heavy (non-hydrogen) atoms. The Kier molecular flexibility index (Phi) is 5.64. The zero-order valence-electron chi connectivity index (χ0n) is 15.3. The van der Waals surface area contributed by atoms with Crippen LogP contribution in [0, 0.1) is 0 Å². The smallest absolute Gasteiger partial charge is 0.224 e. The average molecular weight is 415 g/mol. The SMILES string of the molecule is O=C(CCc1ccc(Cl)cc1)N1CCN(c2nc(Cl)nc3ccccc23)CC1. The third-order valence-corrected chi connectivity index (χ3v) is 5.45. The number of carbonyl (C=O) groups is 1. The minimum absolute atomic E-state index is 0.181. The summed E-state index contributed by atoms with van der Waals surface area (Å²) in [6.45, 7) is 2.80. The second kappa shape index (κ2) is 8.33. The molecule has 0 saturated carbocycles. The lowest BCUT2D eigenvalue weighted by Gasteiger charge is -2.36. The molecule has 2 aromatic carbocycles. The molecule has 2 heterocycles. The van der Waals surface area contributed by atoms with E-state index in [0.29, 0.717) is 24.5 Å². The van der Waals surface area contributed by atoms with Crippen molar-refractivity contribution in [3.05, 3.63) is 64.4 Å². The van der Waals surface area contributed by atoms with Gasteiger partial charge in [-0.1, -0.05) is 35.9 Å². The molecule has 0 radical (unpaired) electrons. The summed E-state index contributed by atoms with van der Waals surface area (Å²) >= 11 is 12.0. The van der Waals surface area contributed by atoms with E-state index in [9.17, 15) is 4.79 Å². The largest absolute Gasteiger partial charge is 0.352 e. The van der Waals surface area contributed by atoms with E-state index in [1.165, 1.54) is 0 Å². The molecule has 3 aromatic rings. The molecule has 144 valence electrons. The van der Waals surface area contributed by atoms with Crippen molar-refractivity contribution in [2.75, 3.05) is 31.1 Å². The maximum atomic E-state index is 12.6. The van der Waals surface area contributed by atoms with Crippen LogP contribution < -0.4 is 4.90 Å². The number of aromatic nitrogens is 2. The lowest BCUT2D eigenvalue weighted by molar-refractivity contribution is -0.131. The quantitative estimate of drug-likeness (QED) is 0.599. The Bertz CT molecular complexity index is 985. The van der Waals surface area contributed by atoms with Gasteiger partial charge in [-0.2, -0.15) is 4.98 Å². The highest BCUT2D eigenvalue weighted by Crippen LogP contribution is 2.26. The number of amides is 1. The number of rotatable bonds is 4. The standard InChI is InChI=1S/C21H20Cl2N4O/c22-16-8-5-15(6-9-16)7-10-19(28)26-11-13-27(14-12-26)20-17-3-1-2-4-18(17)24-21(23)25-20/h1-6,8-9H,7,10-14H2. The van der Waals surface area contributed by atoms with E-state index < -0.39 is 0 Å². The molecular weight excluding hydrogens is 395 g/mol. The molecule has 4 rings (SSSR count). The van der Waals surface area contributed by atoms with Crippen LogP contribution in [0.2, 0.25) is 10.3 Å². The number of nitrogens with zero attached hydrogens (tertiary/aromatic N) is 4. The van der Waals surface area contributed by atoms with Crippen LogP contribution in [0.25, 0.3) is 10.9 Å². The topological polar surface area (TPSA) is 49.3 Å². The number of piperazine rings is 1. The molecule has 1 saturated heterocycles. The maximum absolute atomic E-state index is 12.6. The molecule has 0 N–H and O–H groups in total. The molecule has 0 spiro atoms. The molecule has 7 heteroatoms. The molecule has 0 unspecified atom stereocenters. The van der Waals surface area contributed by atoms with Gasteiger partial charge < -0.3 is 9.80 Å². The van der Waals surface area contributed by atoms with Crippen LogP contribution in [0.5, 0.6) is 0 Å². The van der Waals surface area contributed by atoms with Gasteiger partial charge in [-0.05, 0) is 47.9 Å². The van der Waals surface area contributed by atoms with Gasteiger partial charge in [-0.25, -0.2) is 4.98 Å². The highest BCUT2D eigenvalue weighted by Gasteiger charge is 2.23. The first kappa shape index (κ1) is 19.0. The van der Waals surface area contributed by atoms with Gasteiger partial charge in [0.25, 0.3) is 0 Å². The number of fused-ring (bicyclic) bond motifs is 1. The average Bonchev–Trinajstić information content (AvgIpc) is 2.72. The van der Waals surface area contributed by atoms with Crippen LogP contribution in [-0.2, 0) is 11.2 Å². The zero-order valence-corrected chi connectivity index (χ0v) is 16.8. The van der Waals surface area contributed by atoms with E-state index in [-0.39, 0.29) is 11.2 Å². The summed E-state index contributed by atoms with van der Waals surface area (Å²) in [5.41, 5.74) is 1.96. The normalized spacial score (nSPS) is 14.5. The van der Waals surface area contributed by atoms with Crippen LogP contribution in [0.1, 0.15) is 12.0 Å². The fourth-order valence-corrected chi connectivity index (χ4v) is 3.80. The van der Waals surface area contributed by atoms with Crippen molar-refractivity contribution in [3.8, 4) is 0 Å². The van der Waals surface area contributed by atoms with Gasteiger partial charge in [0.15, 0.2) is 0 Å². The second-order valence-corrected chi connectivity index (χ2v) is 7.60. The van der Waals surface area contributed by atoms with E-state index in [4.69, 9.17) is 23.2 Å². The molecule has 1 amide bonds. The second-order valence-electron chi connectivity index (χ2n) is 6.83. The van der Waals surface area contributed by atoms with Crippen molar-refractivity contribution in [1.29, 1.82) is 0 Å². The van der Waals surface area contributed by atoms with Crippen molar-refractivity contribution >= 4 is 45.8 Å². The molecule has 0 aliphatic carbocycles. The minimum Gasteiger partial charge on any atom is -0.352 e. The summed E-state index contributed by atoms with van der Waals surface area (Å²) in [7, 11) is 0. The molecule has 0 bridgehead atoms. The lowest BCUT2D eigenvalue weighted by Crippen LogP contribution is -2.49. The molecular formula is C21H20Cl2N4O. The van der Waals surface area contributed by atoms with Gasteiger partial charge in [-0.15, -0.1) is 0 Å². The number of anilines is 1. The number of hydrogen-bond donors (Lipinski definition) is 0. The number of para-hydroxylation sites is 1. The Hall–Kier alpha value is -2.37.